The average Bonchev–Trinajstić information content (AvgIpc) is 2.94. The van der Waals surface area contributed by atoms with E-state index >= 15 is 0 Å². The number of benzene rings is 1. The number of halogens is 5. The highest BCUT2D eigenvalue weighted by molar-refractivity contribution is 14.2. The predicted octanol–water partition coefficient (Wildman–Crippen LogP) is 4.80. The Hall–Kier alpha value is -0.0851. The zero-order valence-electron chi connectivity index (χ0n) is 13.8. The van der Waals surface area contributed by atoms with Gasteiger partial charge in [-0.05, 0) is 55.8 Å². The number of rotatable bonds is 2. The summed E-state index contributed by atoms with van der Waals surface area (Å²) in [6.07, 6.45) is -3.00. The van der Waals surface area contributed by atoms with Crippen molar-refractivity contribution in [2.45, 2.75) is 45.1 Å². The number of hydrogen-bond donors (Lipinski definition) is 0. The van der Waals surface area contributed by atoms with Crippen LogP contribution in [-0.2, 0) is 15.5 Å². The number of nitrogens with zero attached hydrogens (tertiary/aromatic N) is 2. The molecule has 1 aliphatic heterocycles. The van der Waals surface area contributed by atoms with E-state index in [0.717, 1.165) is 0 Å². The lowest BCUT2D eigenvalue weighted by atomic mass is 9.73. The monoisotopic (exact) mass is 504 g/mol. The Labute approximate surface area is 163 Å². The molecule has 1 fully saturated rings. The molecule has 0 saturated carbocycles. The van der Waals surface area contributed by atoms with Crippen LogP contribution in [0, 0.1) is 0 Å². The van der Waals surface area contributed by atoms with Crippen LogP contribution in [0.3, 0.4) is 0 Å². The van der Waals surface area contributed by atoms with Crippen molar-refractivity contribution in [3.63, 3.8) is 0 Å². The van der Waals surface area contributed by atoms with E-state index in [-0.39, 0.29) is 16.9 Å². The molecule has 0 N–H and O–H groups in total. The fourth-order valence-corrected chi connectivity index (χ4v) is 4.56. The smallest absolute Gasteiger partial charge is 0.399 e. The molecular formula is C14H15BClF3IN2O2P. The van der Waals surface area contributed by atoms with E-state index < -0.39 is 30.1 Å². The van der Waals surface area contributed by atoms with Gasteiger partial charge in [0.25, 0.3) is 0 Å². The SMILES string of the molecule is CC1(C)OB(c2c(C(F)(F)F)c(Cl)cc3c2cnn3PI)OC1(C)C. The summed E-state index contributed by atoms with van der Waals surface area (Å²) in [5.41, 5.74) is -2.06. The van der Waals surface area contributed by atoms with Crippen LogP contribution in [0.1, 0.15) is 33.3 Å². The molecule has 136 valence electrons. The topological polar surface area (TPSA) is 36.3 Å². The third kappa shape index (κ3) is 3.20. The lowest BCUT2D eigenvalue weighted by molar-refractivity contribution is -0.136. The van der Waals surface area contributed by atoms with Crippen molar-refractivity contribution < 1.29 is 22.5 Å². The van der Waals surface area contributed by atoms with Gasteiger partial charge in [-0.2, -0.15) is 18.3 Å². The molecule has 1 aromatic heterocycles. The molecule has 2 aromatic rings. The summed E-state index contributed by atoms with van der Waals surface area (Å²) in [6, 6.07) is 1.30. The van der Waals surface area contributed by atoms with E-state index in [4.69, 9.17) is 20.9 Å². The highest BCUT2D eigenvalue weighted by Gasteiger charge is 2.54. The molecule has 0 spiro atoms. The maximum absolute atomic E-state index is 13.7. The molecule has 0 aliphatic carbocycles. The predicted molar refractivity (Wildman–Crippen MR) is 103 cm³/mol. The first-order chi connectivity index (χ1) is 11.4. The van der Waals surface area contributed by atoms with E-state index in [0.29, 0.717) is 10.9 Å². The molecule has 0 amide bonds. The summed E-state index contributed by atoms with van der Waals surface area (Å²) in [5.74, 6) is 0. The summed E-state index contributed by atoms with van der Waals surface area (Å²) < 4.78 is 54.6. The number of hydrogen-bond acceptors (Lipinski definition) is 3. The molecule has 0 radical (unpaired) electrons. The summed E-state index contributed by atoms with van der Waals surface area (Å²) in [7, 11) is -1.18. The minimum atomic E-state index is -4.64. The van der Waals surface area contributed by atoms with Gasteiger partial charge in [-0.3, -0.25) is 0 Å². The lowest BCUT2D eigenvalue weighted by Gasteiger charge is -2.32. The fraction of sp³-hybridized carbons (Fsp3) is 0.500. The Kier molecular flexibility index (Phi) is 4.90. The van der Waals surface area contributed by atoms with Crippen LogP contribution in [0.2, 0.25) is 5.02 Å². The van der Waals surface area contributed by atoms with Crippen molar-refractivity contribution in [1.29, 1.82) is 0 Å². The quantitative estimate of drug-likeness (QED) is 0.335. The van der Waals surface area contributed by atoms with Gasteiger partial charge in [-0.15, -0.1) is 0 Å². The molecular weight excluding hydrogens is 489 g/mol. The second-order valence-electron chi connectivity index (χ2n) is 6.81. The highest BCUT2D eigenvalue weighted by Crippen LogP contribution is 2.42. The van der Waals surface area contributed by atoms with Crippen LogP contribution in [-0.4, -0.2) is 27.9 Å². The standard InChI is InChI=1S/C14H15BClF3IN2O2P/c1-12(2)13(3,4)24-15(23-12)11-7-6-21-22(25-20)9(7)5-8(16)10(11)14(17,18)19/h5-6,25H,1-4H3. The van der Waals surface area contributed by atoms with Crippen LogP contribution in [0.5, 0.6) is 0 Å². The molecule has 1 aromatic carbocycles. The van der Waals surface area contributed by atoms with Crippen LogP contribution in [0.15, 0.2) is 12.3 Å². The number of fused-ring (bicyclic) bond motifs is 1. The minimum Gasteiger partial charge on any atom is -0.399 e. The van der Waals surface area contributed by atoms with E-state index in [1.54, 1.807) is 32.1 Å². The maximum Gasteiger partial charge on any atom is 0.496 e. The highest BCUT2D eigenvalue weighted by atomic mass is 127. The van der Waals surface area contributed by atoms with Gasteiger partial charge in [0.2, 0.25) is 0 Å². The van der Waals surface area contributed by atoms with Gasteiger partial charge < -0.3 is 9.31 Å². The molecule has 1 atom stereocenters. The maximum atomic E-state index is 13.7. The van der Waals surface area contributed by atoms with Crippen molar-refractivity contribution >= 4 is 63.5 Å². The zero-order chi connectivity index (χ0) is 18.8. The van der Waals surface area contributed by atoms with Gasteiger partial charge in [0.1, 0.15) is 0 Å². The van der Waals surface area contributed by atoms with Gasteiger partial charge in [0, 0.05) is 10.8 Å². The fourth-order valence-electron chi connectivity index (χ4n) is 2.72. The van der Waals surface area contributed by atoms with Crippen molar-refractivity contribution in [3.05, 3.63) is 22.8 Å². The van der Waals surface area contributed by atoms with Crippen molar-refractivity contribution in [3.8, 4) is 0 Å². The van der Waals surface area contributed by atoms with Crippen LogP contribution in [0.25, 0.3) is 10.9 Å². The Morgan fingerprint density at radius 1 is 1.24 bits per heavy atom. The molecule has 25 heavy (non-hydrogen) atoms. The first kappa shape index (κ1) is 19.7. The zero-order valence-corrected chi connectivity index (χ0v) is 17.7. The number of alkyl halides is 3. The van der Waals surface area contributed by atoms with Crippen LogP contribution < -0.4 is 5.46 Å². The molecule has 4 nitrogen and oxygen atoms in total. The lowest BCUT2D eigenvalue weighted by Crippen LogP contribution is -2.41. The van der Waals surface area contributed by atoms with E-state index in [1.807, 2.05) is 0 Å². The molecule has 3 rings (SSSR count). The van der Waals surface area contributed by atoms with Gasteiger partial charge in [-0.25, -0.2) is 4.45 Å². The summed E-state index contributed by atoms with van der Waals surface area (Å²) in [5, 5.41) is 4.11. The Morgan fingerprint density at radius 3 is 2.28 bits per heavy atom. The summed E-state index contributed by atoms with van der Waals surface area (Å²) in [4.78, 5) is 0. The Balaban J connectivity index is 2.30. The molecule has 11 heteroatoms. The molecule has 2 heterocycles. The van der Waals surface area contributed by atoms with E-state index in [1.165, 1.54) is 12.3 Å². The number of aromatic nitrogens is 2. The molecule has 1 unspecified atom stereocenters. The molecule has 1 aliphatic rings. The third-order valence-corrected chi connectivity index (χ3v) is 6.91. The summed E-state index contributed by atoms with van der Waals surface area (Å²) in [6.45, 7) is 7.16. The van der Waals surface area contributed by atoms with Gasteiger partial charge in [0.15, 0.2) is 0 Å². The van der Waals surface area contributed by atoms with Crippen molar-refractivity contribution in [2.24, 2.45) is 0 Å². The van der Waals surface area contributed by atoms with E-state index in [9.17, 15) is 13.2 Å². The average molecular weight is 504 g/mol. The Morgan fingerprint density at radius 2 is 1.80 bits per heavy atom. The summed E-state index contributed by atoms with van der Waals surface area (Å²) >= 11 is 8.13. The second-order valence-corrected chi connectivity index (χ2v) is 9.25. The molecule has 1 saturated heterocycles. The Bertz CT molecular complexity index is 828. The molecule has 0 bridgehead atoms. The van der Waals surface area contributed by atoms with E-state index in [2.05, 4.69) is 27.1 Å². The van der Waals surface area contributed by atoms with Crippen LogP contribution >= 0.6 is 40.0 Å². The minimum absolute atomic E-state index is 0.116. The third-order valence-electron chi connectivity index (χ3n) is 4.72. The van der Waals surface area contributed by atoms with Gasteiger partial charge in [0.05, 0.1) is 39.9 Å². The van der Waals surface area contributed by atoms with Crippen LogP contribution in [0.4, 0.5) is 13.2 Å². The van der Waals surface area contributed by atoms with Gasteiger partial charge in [-0.1, -0.05) is 11.6 Å². The first-order valence-electron chi connectivity index (χ1n) is 7.38. The van der Waals surface area contributed by atoms with Gasteiger partial charge >= 0.3 is 13.3 Å². The second kappa shape index (κ2) is 6.22. The first-order valence-corrected chi connectivity index (χ1v) is 11.8. The largest absolute Gasteiger partial charge is 0.496 e. The van der Waals surface area contributed by atoms with Crippen molar-refractivity contribution in [1.82, 2.24) is 9.55 Å². The normalized spacial score (nSPS) is 20.3. The van der Waals surface area contributed by atoms with Crippen molar-refractivity contribution in [2.75, 3.05) is 0 Å².